The van der Waals surface area contributed by atoms with Gasteiger partial charge in [0.05, 0.1) is 5.69 Å². The topological polar surface area (TPSA) is 15.3 Å². The molecule has 0 spiro atoms. The van der Waals surface area contributed by atoms with Gasteiger partial charge in [-0.3, -0.25) is 0 Å². The smallest absolute Gasteiger partial charge is 0.146 e. The summed E-state index contributed by atoms with van der Waals surface area (Å²) in [6, 6.07) is 7.33. The van der Waals surface area contributed by atoms with Gasteiger partial charge in [0.25, 0.3) is 0 Å². The third kappa shape index (κ3) is 2.61. The summed E-state index contributed by atoms with van der Waals surface area (Å²) in [6.07, 6.45) is 0. The molecule has 2 rings (SSSR count). The van der Waals surface area contributed by atoms with E-state index in [4.69, 9.17) is 0 Å². The highest BCUT2D eigenvalue weighted by Crippen LogP contribution is 2.21. The van der Waals surface area contributed by atoms with Crippen LogP contribution >= 0.6 is 12.4 Å². The van der Waals surface area contributed by atoms with Gasteiger partial charge < -0.3 is 10.2 Å². The first kappa shape index (κ1) is 12.3. The van der Waals surface area contributed by atoms with E-state index in [-0.39, 0.29) is 18.2 Å². The van der Waals surface area contributed by atoms with Crippen molar-refractivity contribution in [1.82, 2.24) is 5.32 Å². The lowest BCUT2D eigenvalue weighted by molar-refractivity contribution is 0.491. The molecule has 2 nitrogen and oxygen atoms in total. The van der Waals surface area contributed by atoms with Gasteiger partial charge in [0.15, 0.2) is 0 Å². The summed E-state index contributed by atoms with van der Waals surface area (Å²) < 4.78 is 13.5. The first-order valence-corrected chi connectivity index (χ1v) is 5.01. The van der Waals surface area contributed by atoms with Gasteiger partial charge >= 0.3 is 0 Å². The standard InChI is InChI=1S/C11H15FN2.ClH/c1-9-8-13-6-7-14(9)11-5-3-2-4-10(11)12;/h2-5,9,13H,6-8H2,1H3;1H/t9-;/m0./s1. The SMILES string of the molecule is C[C@H]1CNCCN1c1ccccc1F.Cl. The number of benzene rings is 1. The van der Waals surface area contributed by atoms with E-state index in [1.54, 1.807) is 6.07 Å². The molecule has 0 aliphatic carbocycles. The van der Waals surface area contributed by atoms with E-state index in [9.17, 15) is 4.39 Å². The Hall–Kier alpha value is -0.800. The van der Waals surface area contributed by atoms with Crippen molar-refractivity contribution in [3.05, 3.63) is 30.1 Å². The molecule has 0 radical (unpaired) electrons. The maximum absolute atomic E-state index is 13.5. The van der Waals surface area contributed by atoms with Gasteiger partial charge in [-0.1, -0.05) is 12.1 Å². The van der Waals surface area contributed by atoms with Crippen LogP contribution in [-0.4, -0.2) is 25.7 Å². The zero-order valence-electron chi connectivity index (χ0n) is 8.74. The highest BCUT2D eigenvalue weighted by Gasteiger charge is 2.20. The molecule has 1 heterocycles. The van der Waals surface area contributed by atoms with Crippen LogP contribution in [0.1, 0.15) is 6.92 Å². The molecule has 1 aliphatic heterocycles. The number of hydrogen-bond donors (Lipinski definition) is 1. The zero-order chi connectivity index (χ0) is 9.97. The van der Waals surface area contributed by atoms with Crippen LogP contribution in [0.2, 0.25) is 0 Å². The monoisotopic (exact) mass is 230 g/mol. The molecule has 0 aromatic heterocycles. The summed E-state index contributed by atoms with van der Waals surface area (Å²) in [5.41, 5.74) is 0.724. The summed E-state index contributed by atoms with van der Waals surface area (Å²) in [5, 5.41) is 3.29. The van der Waals surface area contributed by atoms with Gasteiger partial charge in [-0.2, -0.15) is 0 Å². The van der Waals surface area contributed by atoms with E-state index in [1.165, 1.54) is 6.07 Å². The van der Waals surface area contributed by atoms with Crippen LogP contribution in [0.4, 0.5) is 10.1 Å². The Balaban J connectivity index is 0.00000112. The van der Waals surface area contributed by atoms with Crippen LogP contribution in [0.5, 0.6) is 0 Å². The Morgan fingerprint density at radius 3 is 2.80 bits per heavy atom. The molecule has 1 atom stereocenters. The van der Waals surface area contributed by atoms with Crippen LogP contribution in [0, 0.1) is 5.82 Å². The normalized spacial score (nSPS) is 20.9. The Morgan fingerprint density at radius 1 is 1.40 bits per heavy atom. The van der Waals surface area contributed by atoms with Gasteiger partial charge in [-0.05, 0) is 19.1 Å². The van der Waals surface area contributed by atoms with Crippen molar-refractivity contribution in [2.75, 3.05) is 24.5 Å². The maximum Gasteiger partial charge on any atom is 0.146 e. The second kappa shape index (κ2) is 5.33. The second-order valence-electron chi connectivity index (χ2n) is 3.70. The molecule has 84 valence electrons. The van der Waals surface area contributed by atoms with Crippen LogP contribution in [-0.2, 0) is 0 Å². The highest BCUT2D eigenvalue weighted by atomic mass is 35.5. The summed E-state index contributed by atoms with van der Waals surface area (Å²) in [4.78, 5) is 2.12. The molecule has 0 unspecified atom stereocenters. The number of nitrogens with one attached hydrogen (secondary N) is 1. The highest BCUT2D eigenvalue weighted by molar-refractivity contribution is 5.85. The van der Waals surface area contributed by atoms with Crippen molar-refractivity contribution < 1.29 is 4.39 Å². The molecular formula is C11H16ClFN2. The first-order valence-electron chi connectivity index (χ1n) is 5.01. The molecule has 4 heteroatoms. The number of halogens is 2. The fourth-order valence-corrected chi connectivity index (χ4v) is 1.88. The average Bonchev–Trinajstić information content (AvgIpc) is 2.20. The van der Waals surface area contributed by atoms with Gasteiger partial charge in [0.2, 0.25) is 0 Å². The Morgan fingerprint density at radius 2 is 2.13 bits per heavy atom. The predicted molar refractivity (Wildman–Crippen MR) is 63.3 cm³/mol. The third-order valence-corrected chi connectivity index (χ3v) is 2.66. The fourth-order valence-electron chi connectivity index (χ4n) is 1.88. The summed E-state index contributed by atoms with van der Waals surface area (Å²) in [7, 11) is 0. The molecule has 1 aromatic carbocycles. The molecule has 1 N–H and O–H groups in total. The van der Waals surface area contributed by atoms with E-state index in [0.29, 0.717) is 6.04 Å². The van der Waals surface area contributed by atoms with Crippen LogP contribution < -0.4 is 10.2 Å². The van der Waals surface area contributed by atoms with Crippen LogP contribution in [0.15, 0.2) is 24.3 Å². The summed E-state index contributed by atoms with van der Waals surface area (Å²) in [6.45, 7) is 4.84. The zero-order valence-corrected chi connectivity index (χ0v) is 9.56. The minimum Gasteiger partial charge on any atom is -0.364 e. The molecule has 0 amide bonds. The Bertz CT molecular complexity index is 319. The average molecular weight is 231 g/mol. The predicted octanol–water partition coefficient (Wildman–Crippen LogP) is 2.05. The number of para-hydroxylation sites is 1. The van der Waals surface area contributed by atoms with Crippen molar-refractivity contribution in [1.29, 1.82) is 0 Å². The van der Waals surface area contributed by atoms with Gasteiger partial charge in [0.1, 0.15) is 5.82 Å². The molecule has 1 fully saturated rings. The minimum absolute atomic E-state index is 0. The lowest BCUT2D eigenvalue weighted by Gasteiger charge is -2.35. The molecule has 1 saturated heterocycles. The van der Waals surface area contributed by atoms with Crippen LogP contribution in [0.25, 0.3) is 0 Å². The summed E-state index contributed by atoms with van der Waals surface area (Å²) >= 11 is 0. The molecule has 15 heavy (non-hydrogen) atoms. The van der Waals surface area contributed by atoms with Gasteiger partial charge in [-0.15, -0.1) is 12.4 Å². The van der Waals surface area contributed by atoms with Crippen molar-refractivity contribution in [2.45, 2.75) is 13.0 Å². The second-order valence-corrected chi connectivity index (χ2v) is 3.70. The first-order chi connectivity index (χ1) is 6.79. The largest absolute Gasteiger partial charge is 0.364 e. The van der Waals surface area contributed by atoms with Crippen molar-refractivity contribution in [2.24, 2.45) is 0 Å². The Labute approximate surface area is 95.9 Å². The van der Waals surface area contributed by atoms with E-state index in [2.05, 4.69) is 17.1 Å². The quantitative estimate of drug-likeness (QED) is 0.795. The summed E-state index contributed by atoms with van der Waals surface area (Å²) in [5.74, 6) is -0.124. The molecule has 0 saturated carbocycles. The van der Waals surface area contributed by atoms with E-state index in [0.717, 1.165) is 25.3 Å². The van der Waals surface area contributed by atoms with Crippen molar-refractivity contribution in [3.8, 4) is 0 Å². The van der Waals surface area contributed by atoms with Crippen molar-refractivity contribution in [3.63, 3.8) is 0 Å². The fraction of sp³-hybridized carbons (Fsp3) is 0.455. The van der Waals surface area contributed by atoms with E-state index < -0.39 is 0 Å². The number of hydrogen-bond acceptors (Lipinski definition) is 2. The lowest BCUT2D eigenvalue weighted by Crippen LogP contribution is -2.50. The van der Waals surface area contributed by atoms with Crippen LogP contribution in [0.3, 0.4) is 0 Å². The number of anilines is 1. The maximum atomic E-state index is 13.5. The van der Waals surface area contributed by atoms with Gasteiger partial charge in [-0.25, -0.2) is 4.39 Å². The van der Waals surface area contributed by atoms with E-state index in [1.807, 2.05) is 12.1 Å². The minimum atomic E-state index is -0.124. The van der Waals surface area contributed by atoms with Crippen molar-refractivity contribution >= 4 is 18.1 Å². The number of piperazine rings is 1. The Kier molecular flexibility index (Phi) is 4.36. The van der Waals surface area contributed by atoms with E-state index >= 15 is 0 Å². The molecule has 1 aliphatic rings. The third-order valence-electron chi connectivity index (χ3n) is 2.66. The molecular weight excluding hydrogens is 215 g/mol. The molecule has 1 aromatic rings. The number of nitrogens with zero attached hydrogens (tertiary/aromatic N) is 1. The number of rotatable bonds is 1. The lowest BCUT2D eigenvalue weighted by atomic mass is 10.2. The van der Waals surface area contributed by atoms with Gasteiger partial charge in [0, 0.05) is 25.7 Å². The molecule has 0 bridgehead atoms.